The molecule has 0 radical (unpaired) electrons. The van der Waals surface area contributed by atoms with Crippen LogP contribution in [0, 0.1) is 23.5 Å². The molecule has 0 bridgehead atoms. The van der Waals surface area contributed by atoms with Crippen LogP contribution in [0.2, 0.25) is 0 Å². The first kappa shape index (κ1) is 24.0. The van der Waals surface area contributed by atoms with Crippen molar-refractivity contribution in [2.45, 2.75) is 97.3 Å². The molecular weight excluding hydrogens is 386 g/mol. The van der Waals surface area contributed by atoms with Gasteiger partial charge in [0.1, 0.15) is 0 Å². The van der Waals surface area contributed by atoms with Crippen molar-refractivity contribution in [1.82, 2.24) is 0 Å². The summed E-state index contributed by atoms with van der Waals surface area (Å²) < 4.78 is 30.2. The average Bonchev–Trinajstić information content (AvgIpc) is 2.80. The molecule has 1 fully saturated rings. The van der Waals surface area contributed by atoms with E-state index < -0.39 is 11.6 Å². The minimum atomic E-state index is -0.695. The van der Waals surface area contributed by atoms with E-state index in [0.717, 1.165) is 30.7 Å². The van der Waals surface area contributed by atoms with E-state index in [4.69, 9.17) is 0 Å². The quantitative estimate of drug-likeness (QED) is 0.332. The van der Waals surface area contributed by atoms with Crippen molar-refractivity contribution in [3.63, 3.8) is 0 Å². The maximum atomic E-state index is 15.1. The molecule has 1 aliphatic rings. The Morgan fingerprint density at radius 1 is 0.806 bits per heavy atom. The summed E-state index contributed by atoms with van der Waals surface area (Å²) in [5.74, 6) is 0.0128. The van der Waals surface area contributed by atoms with Crippen molar-refractivity contribution in [2.75, 3.05) is 0 Å². The molecule has 170 valence electrons. The Hall–Kier alpha value is -1.70. The summed E-state index contributed by atoms with van der Waals surface area (Å²) in [6.07, 6.45) is 13.3. The highest BCUT2D eigenvalue weighted by Crippen LogP contribution is 2.41. The van der Waals surface area contributed by atoms with E-state index in [1.807, 2.05) is 18.2 Å². The van der Waals surface area contributed by atoms with E-state index in [1.165, 1.54) is 56.9 Å². The first-order chi connectivity index (χ1) is 15.0. The van der Waals surface area contributed by atoms with Gasteiger partial charge in [0, 0.05) is 5.56 Å². The third-order valence-corrected chi connectivity index (χ3v) is 7.50. The van der Waals surface area contributed by atoms with Gasteiger partial charge in [-0.1, -0.05) is 102 Å². The number of aryl methyl sites for hydroxylation is 1. The second kappa shape index (κ2) is 11.8. The van der Waals surface area contributed by atoms with E-state index in [-0.39, 0.29) is 5.92 Å². The third-order valence-electron chi connectivity index (χ3n) is 7.50. The summed E-state index contributed by atoms with van der Waals surface area (Å²) in [4.78, 5) is 0. The molecule has 0 saturated heterocycles. The minimum absolute atomic E-state index is 0.0663. The van der Waals surface area contributed by atoms with Gasteiger partial charge in [-0.15, -0.1) is 0 Å². The number of unbranched alkanes of at least 4 members (excludes halogenated alkanes) is 3. The molecule has 3 rings (SSSR count). The fourth-order valence-corrected chi connectivity index (χ4v) is 5.29. The molecule has 2 aromatic carbocycles. The molecule has 0 heterocycles. The van der Waals surface area contributed by atoms with Gasteiger partial charge in [0.25, 0.3) is 0 Å². The molecule has 31 heavy (non-hydrogen) atoms. The van der Waals surface area contributed by atoms with Gasteiger partial charge in [-0.05, 0) is 60.1 Å². The molecule has 0 nitrogen and oxygen atoms in total. The molecule has 1 atom stereocenters. The van der Waals surface area contributed by atoms with E-state index in [1.54, 1.807) is 6.07 Å². The second-order valence-electron chi connectivity index (χ2n) is 9.70. The molecule has 0 N–H and O–H groups in total. The molecule has 2 aromatic rings. The fraction of sp³-hybridized carbons (Fsp3) is 0.586. The molecule has 0 aliphatic heterocycles. The summed E-state index contributed by atoms with van der Waals surface area (Å²) in [5.41, 5.74) is 2.94. The smallest absolute Gasteiger partial charge is 0.166 e. The Balaban J connectivity index is 1.67. The first-order valence-electron chi connectivity index (χ1n) is 12.6. The van der Waals surface area contributed by atoms with Gasteiger partial charge in [0.15, 0.2) is 11.6 Å². The molecule has 1 saturated carbocycles. The number of halogens is 2. The summed E-state index contributed by atoms with van der Waals surface area (Å²) in [6, 6.07) is 11.6. The Bertz CT molecular complexity index is 800. The van der Waals surface area contributed by atoms with Crippen molar-refractivity contribution >= 4 is 0 Å². The largest absolute Gasteiger partial charge is 0.203 e. The van der Waals surface area contributed by atoms with Crippen LogP contribution in [0.15, 0.2) is 36.4 Å². The van der Waals surface area contributed by atoms with Crippen LogP contribution < -0.4 is 0 Å². The van der Waals surface area contributed by atoms with E-state index in [2.05, 4.69) is 32.9 Å². The minimum Gasteiger partial charge on any atom is -0.203 e. The molecule has 0 aromatic heterocycles. The van der Waals surface area contributed by atoms with E-state index >= 15 is 8.78 Å². The van der Waals surface area contributed by atoms with Crippen molar-refractivity contribution in [3.05, 3.63) is 59.2 Å². The maximum Gasteiger partial charge on any atom is 0.166 e. The molecular formula is C29H40F2. The van der Waals surface area contributed by atoms with Gasteiger partial charge < -0.3 is 0 Å². The number of rotatable bonds is 10. The fourth-order valence-electron chi connectivity index (χ4n) is 5.29. The predicted molar refractivity (Wildman–Crippen MR) is 128 cm³/mol. The molecule has 0 spiro atoms. The van der Waals surface area contributed by atoms with Gasteiger partial charge in [-0.3, -0.25) is 0 Å². The zero-order valence-electron chi connectivity index (χ0n) is 19.7. The summed E-state index contributed by atoms with van der Waals surface area (Å²) in [6.45, 7) is 6.53. The molecule has 1 aliphatic carbocycles. The van der Waals surface area contributed by atoms with E-state index in [9.17, 15) is 0 Å². The lowest BCUT2D eigenvalue weighted by Gasteiger charge is -2.33. The van der Waals surface area contributed by atoms with Crippen molar-refractivity contribution in [3.8, 4) is 11.1 Å². The van der Waals surface area contributed by atoms with Gasteiger partial charge in [0.05, 0.1) is 0 Å². The highest BCUT2D eigenvalue weighted by Gasteiger charge is 2.28. The van der Waals surface area contributed by atoms with Gasteiger partial charge in [0.2, 0.25) is 0 Å². The maximum absolute atomic E-state index is 15.1. The average molecular weight is 427 g/mol. The normalized spacial score (nSPS) is 20.0. The van der Waals surface area contributed by atoms with Crippen LogP contribution in [-0.2, 0) is 6.42 Å². The van der Waals surface area contributed by atoms with Crippen LogP contribution in [0.25, 0.3) is 11.1 Å². The van der Waals surface area contributed by atoms with Gasteiger partial charge in [-0.25, -0.2) is 8.78 Å². The van der Waals surface area contributed by atoms with Crippen LogP contribution >= 0.6 is 0 Å². The predicted octanol–water partition coefficient (Wildman–Crippen LogP) is 9.46. The highest BCUT2D eigenvalue weighted by atomic mass is 19.2. The van der Waals surface area contributed by atoms with Crippen molar-refractivity contribution in [2.24, 2.45) is 11.8 Å². The third kappa shape index (κ3) is 6.18. The topological polar surface area (TPSA) is 0 Å². The SMILES string of the molecule is CCCCCc1ccc(-c2ccc(C(C)C3CCC(CCCC)CC3)c(F)c2F)cc1. The number of benzene rings is 2. The molecule has 0 amide bonds. The first-order valence-corrected chi connectivity index (χ1v) is 12.6. The zero-order chi connectivity index (χ0) is 22.2. The second-order valence-corrected chi connectivity index (χ2v) is 9.70. The Morgan fingerprint density at radius 2 is 1.48 bits per heavy atom. The standard InChI is InChI=1S/C29H40F2/c1-4-6-8-10-23-13-17-25(18-14-23)27-20-19-26(28(30)29(27)31)21(3)24-15-11-22(12-16-24)9-7-5-2/h13-14,17-22,24H,4-12,15-16H2,1-3H3. The zero-order valence-corrected chi connectivity index (χ0v) is 19.7. The Morgan fingerprint density at radius 3 is 2.13 bits per heavy atom. The van der Waals surface area contributed by atoms with Crippen molar-refractivity contribution < 1.29 is 8.78 Å². The van der Waals surface area contributed by atoms with Crippen molar-refractivity contribution in [1.29, 1.82) is 0 Å². The summed E-state index contributed by atoms with van der Waals surface area (Å²) in [5, 5.41) is 0. The highest BCUT2D eigenvalue weighted by molar-refractivity contribution is 5.65. The van der Waals surface area contributed by atoms with Crippen LogP contribution in [0.3, 0.4) is 0 Å². The monoisotopic (exact) mass is 426 g/mol. The van der Waals surface area contributed by atoms with Crippen LogP contribution in [0.4, 0.5) is 8.78 Å². The Labute approximate surface area is 188 Å². The number of hydrogen-bond donors (Lipinski definition) is 0. The van der Waals surface area contributed by atoms with Crippen LogP contribution in [-0.4, -0.2) is 0 Å². The lowest BCUT2D eigenvalue weighted by molar-refractivity contribution is 0.234. The van der Waals surface area contributed by atoms with Crippen LogP contribution in [0.1, 0.15) is 102 Å². The summed E-state index contributed by atoms with van der Waals surface area (Å²) in [7, 11) is 0. The lowest BCUT2D eigenvalue weighted by Crippen LogP contribution is -2.20. The Kier molecular flexibility index (Phi) is 9.11. The van der Waals surface area contributed by atoms with Gasteiger partial charge >= 0.3 is 0 Å². The number of hydrogen-bond acceptors (Lipinski definition) is 0. The molecule has 2 heteroatoms. The van der Waals surface area contributed by atoms with Gasteiger partial charge in [-0.2, -0.15) is 0 Å². The lowest BCUT2D eigenvalue weighted by atomic mass is 9.73. The van der Waals surface area contributed by atoms with Crippen LogP contribution in [0.5, 0.6) is 0 Å². The summed E-state index contributed by atoms with van der Waals surface area (Å²) >= 11 is 0. The molecule has 1 unspecified atom stereocenters. The van der Waals surface area contributed by atoms with E-state index in [0.29, 0.717) is 17.0 Å².